The molecule has 0 saturated carbocycles. The van der Waals surface area contributed by atoms with Crippen LogP contribution in [-0.2, 0) is 0 Å². The van der Waals surface area contributed by atoms with E-state index < -0.39 is 4.92 Å². The van der Waals surface area contributed by atoms with Crippen LogP contribution in [0.25, 0.3) is 22.6 Å². The third kappa shape index (κ3) is 4.37. The first-order chi connectivity index (χ1) is 14.5. The van der Waals surface area contributed by atoms with Crippen LogP contribution in [0.1, 0.15) is 5.76 Å². The Morgan fingerprint density at radius 1 is 1.20 bits per heavy atom. The van der Waals surface area contributed by atoms with Crippen molar-refractivity contribution in [1.29, 1.82) is 0 Å². The molecule has 2 aromatic heterocycles. The molecule has 0 fully saturated rings. The van der Waals surface area contributed by atoms with Crippen molar-refractivity contribution in [3.05, 3.63) is 86.7 Å². The van der Waals surface area contributed by atoms with Crippen LogP contribution in [0.2, 0.25) is 5.02 Å². The smallest absolute Gasteiger partial charge is 0.281 e. The van der Waals surface area contributed by atoms with Gasteiger partial charge in [0, 0.05) is 22.0 Å². The third-order valence-corrected chi connectivity index (χ3v) is 5.03. The summed E-state index contributed by atoms with van der Waals surface area (Å²) >= 11 is 7.19. The van der Waals surface area contributed by atoms with Gasteiger partial charge in [0.05, 0.1) is 22.4 Å². The van der Waals surface area contributed by atoms with E-state index in [1.54, 1.807) is 30.3 Å². The number of nitrogens with one attached hydrogen (secondary N) is 1. The molecule has 0 bridgehead atoms. The molecular formula is C20H12ClFN4O3S. The minimum Gasteiger partial charge on any atom is -0.455 e. The van der Waals surface area contributed by atoms with E-state index in [2.05, 4.69) is 15.5 Å². The Labute approximate surface area is 178 Å². The maximum atomic E-state index is 13.0. The number of thiazole rings is 1. The molecule has 0 radical (unpaired) electrons. The molecule has 2 aromatic carbocycles. The number of halogens is 2. The minimum atomic E-state index is -0.514. The van der Waals surface area contributed by atoms with Crippen molar-refractivity contribution >= 4 is 40.0 Å². The van der Waals surface area contributed by atoms with Crippen LogP contribution in [0.4, 0.5) is 15.2 Å². The van der Waals surface area contributed by atoms with Crippen molar-refractivity contribution in [2.75, 3.05) is 5.43 Å². The fourth-order valence-corrected chi connectivity index (χ4v) is 3.50. The van der Waals surface area contributed by atoms with Gasteiger partial charge in [-0.1, -0.05) is 11.6 Å². The second-order valence-corrected chi connectivity index (χ2v) is 7.33. The SMILES string of the molecule is O=[N+]([O-])c1cc(Cl)ccc1-c1ccc(/C=N/Nc2nc(-c3ccc(F)cc3)cs2)o1. The second-order valence-electron chi connectivity index (χ2n) is 6.04. The van der Waals surface area contributed by atoms with Crippen LogP contribution in [0.3, 0.4) is 0 Å². The fourth-order valence-electron chi connectivity index (χ4n) is 2.66. The maximum Gasteiger partial charge on any atom is 0.281 e. The lowest BCUT2D eigenvalue weighted by molar-refractivity contribution is -0.384. The van der Waals surface area contributed by atoms with Crippen molar-refractivity contribution in [2.24, 2.45) is 5.10 Å². The van der Waals surface area contributed by atoms with E-state index in [-0.39, 0.29) is 16.5 Å². The summed E-state index contributed by atoms with van der Waals surface area (Å²) in [5.41, 5.74) is 4.47. The Bertz CT molecular complexity index is 1240. The van der Waals surface area contributed by atoms with E-state index >= 15 is 0 Å². The van der Waals surface area contributed by atoms with Crippen LogP contribution in [-0.4, -0.2) is 16.1 Å². The summed E-state index contributed by atoms with van der Waals surface area (Å²) in [5, 5.41) is 18.0. The lowest BCUT2D eigenvalue weighted by atomic mass is 10.1. The Balaban J connectivity index is 1.46. The molecule has 2 heterocycles. The summed E-state index contributed by atoms with van der Waals surface area (Å²) in [6, 6.07) is 13.7. The van der Waals surface area contributed by atoms with Crippen LogP contribution >= 0.6 is 22.9 Å². The third-order valence-electron chi connectivity index (χ3n) is 4.04. The first-order valence-corrected chi connectivity index (χ1v) is 9.80. The molecule has 0 aliphatic heterocycles. The highest BCUT2D eigenvalue weighted by molar-refractivity contribution is 7.14. The van der Waals surface area contributed by atoms with Crippen molar-refractivity contribution in [2.45, 2.75) is 0 Å². The quantitative estimate of drug-likeness (QED) is 0.217. The first-order valence-electron chi connectivity index (χ1n) is 8.54. The zero-order valence-electron chi connectivity index (χ0n) is 15.1. The zero-order chi connectivity index (χ0) is 21.1. The van der Waals surface area contributed by atoms with E-state index in [1.807, 2.05) is 5.38 Å². The van der Waals surface area contributed by atoms with E-state index in [0.29, 0.717) is 27.9 Å². The molecule has 0 aliphatic carbocycles. The van der Waals surface area contributed by atoms with Gasteiger partial charge in [-0.05, 0) is 48.5 Å². The highest BCUT2D eigenvalue weighted by atomic mass is 35.5. The van der Waals surface area contributed by atoms with Gasteiger partial charge in [0.25, 0.3) is 5.69 Å². The second kappa shape index (κ2) is 8.44. The van der Waals surface area contributed by atoms with Crippen molar-refractivity contribution in [1.82, 2.24) is 4.98 Å². The van der Waals surface area contributed by atoms with Crippen LogP contribution < -0.4 is 5.43 Å². The Kier molecular flexibility index (Phi) is 5.55. The number of anilines is 1. The summed E-state index contributed by atoms with van der Waals surface area (Å²) in [6.45, 7) is 0. The molecule has 0 amide bonds. The molecule has 4 rings (SSSR count). The van der Waals surface area contributed by atoms with Gasteiger partial charge >= 0.3 is 0 Å². The summed E-state index contributed by atoms with van der Waals surface area (Å²) in [5.74, 6) is 0.420. The van der Waals surface area contributed by atoms with E-state index in [0.717, 1.165) is 5.56 Å². The van der Waals surface area contributed by atoms with Crippen molar-refractivity contribution in [3.8, 4) is 22.6 Å². The zero-order valence-corrected chi connectivity index (χ0v) is 16.7. The molecule has 10 heteroatoms. The van der Waals surface area contributed by atoms with Gasteiger partial charge in [0.1, 0.15) is 17.3 Å². The molecule has 0 saturated heterocycles. The van der Waals surface area contributed by atoms with Crippen LogP contribution in [0.5, 0.6) is 0 Å². The summed E-state index contributed by atoms with van der Waals surface area (Å²) in [4.78, 5) is 15.1. The topological polar surface area (TPSA) is 93.6 Å². The monoisotopic (exact) mass is 442 g/mol. The standard InChI is InChI=1S/C20H12ClFN4O3S/c21-13-3-7-16(18(9-13)26(27)28)19-8-6-15(29-19)10-23-25-20-24-17(11-30-20)12-1-4-14(22)5-2-12/h1-11H,(H,24,25)/b23-10+. The van der Waals surface area contributed by atoms with Gasteiger partial charge in [0.2, 0.25) is 5.13 Å². The molecule has 7 nitrogen and oxygen atoms in total. The number of furan rings is 1. The predicted octanol–water partition coefficient (Wildman–Crippen LogP) is 6.22. The lowest BCUT2D eigenvalue weighted by Crippen LogP contribution is -1.91. The van der Waals surface area contributed by atoms with Gasteiger partial charge in [-0.25, -0.2) is 9.37 Å². The molecule has 150 valence electrons. The Morgan fingerprint density at radius 3 is 2.77 bits per heavy atom. The van der Waals surface area contributed by atoms with Gasteiger partial charge in [-0.15, -0.1) is 11.3 Å². The minimum absolute atomic E-state index is 0.144. The summed E-state index contributed by atoms with van der Waals surface area (Å²) in [6.07, 6.45) is 1.43. The maximum absolute atomic E-state index is 13.0. The van der Waals surface area contributed by atoms with Crippen LogP contribution in [0, 0.1) is 15.9 Å². The fraction of sp³-hybridized carbons (Fsp3) is 0. The summed E-state index contributed by atoms with van der Waals surface area (Å²) in [7, 11) is 0. The molecule has 1 N–H and O–H groups in total. The highest BCUT2D eigenvalue weighted by Gasteiger charge is 2.18. The molecule has 0 atom stereocenters. The van der Waals surface area contributed by atoms with Gasteiger partial charge in [-0.3, -0.25) is 15.5 Å². The number of nitro groups is 1. The number of aromatic nitrogens is 1. The number of hydrogen-bond donors (Lipinski definition) is 1. The molecule has 4 aromatic rings. The molecule has 0 spiro atoms. The summed E-state index contributed by atoms with van der Waals surface area (Å²) < 4.78 is 18.7. The largest absolute Gasteiger partial charge is 0.455 e. The van der Waals surface area contributed by atoms with Gasteiger partial charge in [0.15, 0.2) is 0 Å². The van der Waals surface area contributed by atoms with E-state index in [4.69, 9.17) is 16.0 Å². The average molecular weight is 443 g/mol. The predicted molar refractivity (Wildman–Crippen MR) is 115 cm³/mol. The molecular weight excluding hydrogens is 431 g/mol. The normalized spacial score (nSPS) is 11.1. The number of rotatable bonds is 6. The van der Waals surface area contributed by atoms with Crippen molar-refractivity contribution < 1.29 is 13.7 Å². The van der Waals surface area contributed by atoms with E-state index in [1.165, 1.54) is 41.8 Å². The number of benzene rings is 2. The first kappa shape index (κ1) is 19.7. The molecule has 0 aliphatic rings. The number of hydrazone groups is 1. The Morgan fingerprint density at radius 2 is 2.00 bits per heavy atom. The Hall–Kier alpha value is -3.56. The van der Waals surface area contributed by atoms with E-state index in [9.17, 15) is 14.5 Å². The average Bonchev–Trinajstić information content (AvgIpc) is 3.38. The van der Waals surface area contributed by atoms with Gasteiger partial charge < -0.3 is 4.42 Å². The number of nitro benzene ring substituents is 1. The van der Waals surface area contributed by atoms with Gasteiger partial charge in [-0.2, -0.15) is 5.10 Å². The van der Waals surface area contributed by atoms with Crippen molar-refractivity contribution in [3.63, 3.8) is 0 Å². The number of hydrogen-bond acceptors (Lipinski definition) is 7. The molecule has 0 unspecified atom stereocenters. The number of nitrogens with zero attached hydrogens (tertiary/aromatic N) is 3. The highest BCUT2D eigenvalue weighted by Crippen LogP contribution is 2.33. The molecule has 30 heavy (non-hydrogen) atoms. The lowest BCUT2D eigenvalue weighted by Gasteiger charge is -2.00. The van der Waals surface area contributed by atoms with Crippen LogP contribution in [0.15, 0.2) is 69.5 Å².